The Hall–Kier alpha value is -1.11. The lowest BCUT2D eigenvalue weighted by Gasteiger charge is -2.36. The Morgan fingerprint density at radius 3 is 2.86 bits per heavy atom. The number of halogens is 1. The number of ether oxygens (including phenoxy) is 1. The molecule has 3 heterocycles. The molecule has 0 aliphatic carbocycles. The lowest BCUT2D eigenvalue weighted by molar-refractivity contribution is 0.0224. The van der Waals surface area contributed by atoms with E-state index in [1.807, 2.05) is 11.8 Å². The van der Waals surface area contributed by atoms with Crippen molar-refractivity contribution in [3.05, 3.63) is 16.4 Å². The highest BCUT2D eigenvalue weighted by molar-refractivity contribution is 6.32. The zero-order valence-electron chi connectivity index (χ0n) is 13.0. The summed E-state index contributed by atoms with van der Waals surface area (Å²) in [6.45, 7) is 8.12. The minimum absolute atomic E-state index is 0.00271. The molecule has 2 fully saturated rings. The van der Waals surface area contributed by atoms with E-state index in [9.17, 15) is 4.79 Å². The number of carbonyl (C=O) groups excluding carboxylic acids is 1. The van der Waals surface area contributed by atoms with Crippen molar-refractivity contribution < 1.29 is 9.53 Å². The van der Waals surface area contributed by atoms with Crippen LogP contribution in [0, 0.1) is 12.8 Å². The number of rotatable bonds is 3. The van der Waals surface area contributed by atoms with Crippen LogP contribution < -0.4 is 0 Å². The fourth-order valence-corrected chi connectivity index (χ4v) is 3.62. The van der Waals surface area contributed by atoms with Gasteiger partial charge in [0, 0.05) is 38.4 Å². The fourth-order valence-electron chi connectivity index (χ4n) is 3.35. The Labute approximate surface area is 135 Å². The average Bonchev–Trinajstić information content (AvgIpc) is 2.87. The maximum absolute atomic E-state index is 12.7. The summed E-state index contributed by atoms with van der Waals surface area (Å²) in [5.41, 5.74) is 1.26. The van der Waals surface area contributed by atoms with Crippen LogP contribution in [0.25, 0.3) is 0 Å². The van der Waals surface area contributed by atoms with Gasteiger partial charge in [-0.2, -0.15) is 5.10 Å². The summed E-state index contributed by atoms with van der Waals surface area (Å²) < 4.78 is 5.39. The Kier molecular flexibility index (Phi) is 5.00. The van der Waals surface area contributed by atoms with Gasteiger partial charge in [0.15, 0.2) is 5.15 Å². The number of H-pyrrole nitrogens is 1. The number of nitrogens with zero attached hydrogens (tertiary/aromatic N) is 3. The molecule has 1 N–H and O–H groups in total. The van der Waals surface area contributed by atoms with Crippen LogP contribution in [0.15, 0.2) is 0 Å². The SMILES string of the molecule is Cc1[nH]nc(Cl)c1C(=O)N1CCC[C@H](CN2CCOCC2)C1. The molecule has 1 aromatic rings. The van der Waals surface area contributed by atoms with Gasteiger partial charge in [0.2, 0.25) is 0 Å². The van der Waals surface area contributed by atoms with Crippen LogP contribution in [0.4, 0.5) is 0 Å². The first-order chi connectivity index (χ1) is 10.6. The van der Waals surface area contributed by atoms with E-state index in [1.165, 1.54) is 6.42 Å². The van der Waals surface area contributed by atoms with Gasteiger partial charge >= 0.3 is 0 Å². The molecule has 6 nitrogen and oxygen atoms in total. The van der Waals surface area contributed by atoms with Gasteiger partial charge < -0.3 is 9.64 Å². The summed E-state index contributed by atoms with van der Waals surface area (Å²) in [4.78, 5) is 17.1. The van der Waals surface area contributed by atoms with Gasteiger partial charge in [-0.05, 0) is 25.7 Å². The van der Waals surface area contributed by atoms with Gasteiger partial charge in [-0.3, -0.25) is 14.8 Å². The summed E-state index contributed by atoms with van der Waals surface area (Å²) in [7, 11) is 0. The lowest BCUT2D eigenvalue weighted by atomic mass is 9.96. The molecule has 3 rings (SSSR count). The maximum Gasteiger partial charge on any atom is 0.258 e. The van der Waals surface area contributed by atoms with E-state index in [0.29, 0.717) is 11.5 Å². The topological polar surface area (TPSA) is 61.5 Å². The Bertz CT molecular complexity index is 508. The number of carbonyl (C=O) groups is 1. The smallest absolute Gasteiger partial charge is 0.258 e. The molecule has 122 valence electrons. The first-order valence-electron chi connectivity index (χ1n) is 7.95. The standard InChI is InChI=1S/C15H23ClN4O2/c1-11-13(14(16)18-17-11)15(21)20-4-2-3-12(10-20)9-19-5-7-22-8-6-19/h12H,2-10H2,1H3,(H,17,18)/t12-/m1/s1. The van der Waals surface area contributed by atoms with Crippen molar-refractivity contribution in [2.45, 2.75) is 19.8 Å². The van der Waals surface area contributed by atoms with Crippen LogP contribution in [-0.4, -0.2) is 71.8 Å². The van der Waals surface area contributed by atoms with Gasteiger partial charge in [-0.25, -0.2) is 0 Å². The lowest BCUT2D eigenvalue weighted by Crippen LogP contribution is -2.46. The molecule has 1 amide bonds. The quantitative estimate of drug-likeness (QED) is 0.915. The van der Waals surface area contributed by atoms with Crippen LogP contribution >= 0.6 is 11.6 Å². The Morgan fingerprint density at radius 2 is 2.18 bits per heavy atom. The van der Waals surface area contributed by atoms with Crippen molar-refractivity contribution in [1.29, 1.82) is 0 Å². The highest BCUT2D eigenvalue weighted by atomic mass is 35.5. The normalized spacial score (nSPS) is 23.7. The van der Waals surface area contributed by atoms with Crippen molar-refractivity contribution in [1.82, 2.24) is 20.0 Å². The number of hydrogen-bond donors (Lipinski definition) is 1. The van der Waals surface area contributed by atoms with E-state index in [-0.39, 0.29) is 11.1 Å². The summed E-state index contributed by atoms with van der Waals surface area (Å²) in [6, 6.07) is 0. The van der Waals surface area contributed by atoms with Crippen molar-refractivity contribution in [2.75, 3.05) is 45.9 Å². The second-order valence-electron chi connectivity index (χ2n) is 6.19. The van der Waals surface area contributed by atoms with Gasteiger partial charge in [-0.1, -0.05) is 11.6 Å². The molecule has 0 aromatic carbocycles. The first kappa shape index (κ1) is 15.8. The van der Waals surface area contributed by atoms with Crippen molar-refractivity contribution in [3.8, 4) is 0 Å². The molecular weight excluding hydrogens is 304 g/mol. The fraction of sp³-hybridized carbons (Fsp3) is 0.733. The largest absolute Gasteiger partial charge is 0.379 e. The summed E-state index contributed by atoms with van der Waals surface area (Å²) >= 11 is 6.04. The van der Waals surface area contributed by atoms with Crippen molar-refractivity contribution >= 4 is 17.5 Å². The number of morpholine rings is 1. The first-order valence-corrected chi connectivity index (χ1v) is 8.33. The number of aromatic nitrogens is 2. The predicted octanol–water partition coefficient (Wildman–Crippen LogP) is 1.56. The summed E-state index contributed by atoms with van der Waals surface area (Å²) in [5.74, 6) is 0.532. The number of hydrogen-bond acceptors (Lipinski definition) is 4. The van der Waals surface area contributed by atoms with Gasteiger partial charge in [-0.15, -0.1) is 0 Å². The molecule has 1 aromatic heterocycles. The average molecular weight is 327 g/mol. The number of aryl methyl sites for hydroxylation is 1. The molecule has 2 aliphatic heterocycles. The van der Waals surface area contributed by atoms with E-state index in [0.717, 1.165) is 58.1 Å². The van der Waals surface area contributed by atoms with Crippen molar-refractivity contribution in [2.24, 2.45) is 5.92 Å². The van der Waals surface area contributed by atoms with Crippen LogP contribution in [0.1, 0.15) is 28.9 Å². The molecule has 0 saturated carbocycles. The predicted molar refractivity (Wildman–Crippen MR) is 84.2 cm³/mol. The zero-order chi connectivity index (χ0) is 15.5. The van der Waals surface area contributed by atoms with Crippen molar-refractivity contribution in [3.63, 3.8) is 0 Å². The third kappa shape index (κ3) is 3.45. The number of aromatic amines is 1. The van der Waals surface area contributed by atoms with Crippen LogP contribution in [0.5, 0.6) is 0 Å². The van der Waals surface area contributed by atoms with Gasteiger partial charge in [0.1, 0.15) is 0 Å². The molecule has 2 aliphatic rings. The number of amides is 1. The third-order valence-electron chi connectivity index (χ3n) is 4.54. The molecular formula is C15H23ClN4O2. The Morgan fingerprint density at radius 1 is 1.41 bits per heavy atom. The molecule has 22 heavy (non-hydrogen) atoms. The van der Waals surface area contributed by atoms with Gasteiger partial charge in [0.05, 0.1) is 18.8 Å². The van der Waals surface area contributed by atoms with Crippen LogP contribution in [0.2, 0.25) is 5.15 Å². The number of piperidine rings is 1. The minimum Gasteiger partial charge on any atom is -0.379 e. The summed E-state index contributed by atoms with van der Waals surface area (Å²) in [6.07, 6.45) is 2.23. The Balaban J connectivity index is 1.61. The molecule has 0 spiro atoms. The second-order valence-corrected chi connectivity index (χ2v) is 6.54. The molecule has 0 unspecified atom stereocenters. The molecule has 7 heteroatoms. The van der Waals surface area contributed by atoms with Crippen LogP contribution in [-0.2, 0) is 4.74 Å². The van der Waals surface area contributed by atoms with Crippen LogP contribution in [0.3, 0.4) is 0 Å². The summed E-state index contributed by atoms with van der Waals surface area (Å²) in [5, 5.41) is 6.97. The van der Waals surface area contributed by atoms with E-state index in [4.69, 9.17) is 16.3 Å². The maximum atomic E-state index is 12.7. The minimum atomic E-state index is 0.00271. The highest BCUT2D eigenvalue weighted by Gasteiger charge is 2.29. The van der Waals surface area contributed by atoms with E-state index in [2.05, 4.69) is 15.1 Å². The number of likely N-dealkylation sites (tertiary alicyclic amines) is 1. The molecule has 0 radical (unpaired) electrons. The molecule has 1 atom stereocenters. The molecule has 0 bridgehead atoms. The van der Waals surface area contributed by atoms with Gasteiger partial charge in [0.25, 0.3) is 5.91 Å². The number of nitrogens with one attached hydrogen (secondary N) is 1. The van der Waals surface area contributed by atoms with E-state index >= 15 is 0 Å². The molecule has 2 saturated heterocycles. The van der Waals surface area contributed by atoms with E-state index < -0.39 is 0 Å². The zero-order valence-corrected chi connectivity index (χ0v) is 13.7. The third-order valence-corrected chi connectivity index (χ3v) is 4.82. The second kappa shape index (κ2) is 6.98. The van der Waals surface area contributed by atoms with E-state index in [1.54, 1.807) is 0 Å². The monoisotopic (exact) mass is 326 g/mol. The highest BCUT2D eigenvalue weighted by Crippen LogP contribution is 2.23.